The van der Waals surface area contributed by atoms with Crippen molar-refractivity contribution in [3.63, 3.8) is 0 Å². The van der Waals surface area contributed by atoms with Crippen molar-refractivity contribution in [1.29, 1.82) is 0 Å². The summed E-state index contributed by atoms with van der Waals surface area (Å²) < 4.78 is 22.3. The van der Waals surface area contributed by atoms with Crippen LogP contribution in [0.3, 0.4) is 0 Å². The summed E-state index contributed by atoms with van der Waals surface area (Å²) in [7, 11) is 0. The molecule has 4 rings (SSSR count). The minimum Gasteiger partial charge on any atom is -0.508 e. The van der Waals surface area contributed by atoms with E-state index in [9.17, 15) is 35.4 Å². The molecule has 0 spiro atoms. The fraction of sp³-hybridized carbons (Fsp3) is 0.500. The predicted molar refractivity (Wildman–Crippen MR) is 108 cm³/mol. The number of fused-ring (bicyclic) bond motifs is 1. The summed E-state index contributed by atoms with van der Waals surface area (Å²) in [6, 6.07) is 5.57. The van der Waals surface area contributed by atoms with Crippen molar-refractivity contribution < 1.29 is 54.4 Å². The van der Waals surface area contributed by atoms with E-state index in [1.165, 1.54) is 30.5 Å². The summed E-state index contributed by atoms with van der Waals surface area (Å²) in [6.07, 6.45) is -4.61. The Labute approximate surface area is 188 Å². The normalized spacial score (nSPS) is 37.7. The Bertz CT molecular complexity index is 896. The molecule has 1 saturated heterocycles. The minimum atomic E-state index is -1.62. The molecule has 0 radical (unpaired) electrons. The maximum atomic E-state index is 12.5. The maximum absolute atomic E-state index is 12.5. The molecular weight excluding hydrogens is 440 g/mol. The van der Waals surface area contributed by atoms with E-state index in [0.717, 1.165) is 0 Å². The highest BCUT2D eigenvalue weighted by Crippen LogP contribution is 2.42. The van der Waals surface area contributed by atoms with Crippen LogP contribution in [0.5, 0.6) is 5.75 Å². The van der Waals surface area contributed by atoms with Crippen molar-refractivity contribution in [2.24, 2.45) is 11.8 Å². The van der Waals surface area contributed by atoms with Gasteiger partial charge in [0.2, 0.25) is 6.29 Å². The molecule has 1 aromatic rings. The number of esters is 1. The lowest BCUT2D eigenvalue weighted by Gasteiger charge is -2.42. The van der Waals surface area contributed by atoms with Crippen molar-refractivity contribution in [3.8, 4) is 5.75 Å². The van der Waals surface area contributed by atoms with Crippen molar-refractivity contribution in [3.05, 3.63) is 53.8 Å². The fourth-order valence-electron chi connectivity index (χ4n) is 4.26. The first-order valence-corrected chi connectivity index (χ1v) is 10.4. The van der Waals surface area contributed by atoms with E-state index in [1.54, 1.807) is 12.2 Å². The number of ether oxygens (including phenoxy) is 4. The summed E-state index contributed by atoms with van der Waals surface area (Å²) in [5, 5.41) is 58.8. The fourth-order valence-corrected chi connectivity index (χ4v) is 4.26. The minimum absolute atomic E-state index is 0.00971. The third-order valence-electron chi connectivity index (χ3n) is 6.05. The van der Waals surface area contributed by atoms with Crippen LogP contribution in [0.1, 0.15) is 10.4 Å². The first kappa shape index (κ1) is 23.6. The van der Waals surface area contributed by atoms with E-state index in [0.29, 0.717) is 5.57 Å². The van der Waals surface area contributed by atoms with Gasteiger partial charge in [0.25, 0.3) is 0 Å². The highest BCUT2D eigenvalue weighted by Gasteiger charge is 2.50. The van der Waals surface area contributed by atoms with Crippen LogP contribution in [0.2, 0.25) is 0 Å². The SMILES string of the molecule is O=C(O[C@@H]1C=C(CO)[C@H]2[C@H](O[C@@H]3O[C@H](CO)[C@@H](O)[C@H](O)[C@H]3O)OC=C[C@H]21)c1ccc(O)cc1. The number of carbonyl (C=O) groups is 1. The second kappa shape index (κ2) is 9.77. The number of aliphatic hydroxyl groups is 5. The first-order chi connectivity index (χ1) is 15.8. The van der Waals surface area contributed by atoms with Gasteiger partial charge in [0.05, 0.1) is 31.0 Å². The molecule has 0 bridgehead atoms. The largest absolute Gasteiger partial charge is 0.508 e. The maximum Gasteiger partial charge on any atom is 0.338 e. The number of carbonyl (C=O) groups excluding carboxylic acids is 1. The summed E-state index contributed by atoms with van der Waals surface area (Å²) in [4.78, 5) is 12.5. The molecule has 1 aromatic carbocycles. The molecule has 2 aliphatic heterocycles. The van der Waals surface area contributed by atoms with Gasteiger partial charge in [-0.2, -0.15) is 0 Å². The highest BCUT2D eigenvalue weighted by molar-refractivity contribution is 5.89. The molecule has 0 unspecified atom stereocenters. The molecule has 1 fully saturated rings. The second-order valence-electron chi connectivity index (χ2n) is 8.09. The van der Waals surface area contributed by atoms with Crippen LogP contribution in [-0.2, 0) is 18.9 Å². The number of aromatic hydroxyl groups is 1. The van der Waals surface area contributed by atoms with Gasteiger partial charge in [0, 0.05) is 5.92 Å². The van der Waals surface area contributed by atoms with Gasteiger partial charge in [0.15, 0.2) is 6.29 Å². The Balaban J connectivity index is 1.49. The number of hydrogen-bond donors (Lipinski definition) is 6. The highest BCUT2D eigenvalue weighted by atomic mass is 16.8. The summed E-state index contributed by atoms with van der Waals surface area (Å²) in [6.45, 7) is -0.987. The zero-order valence-corrected chi connectivity index (χ0v) is 17.4. The van der Waals surface area contributed by atoms with Crippen molar-refractivity contribution in [2.75, 3.05) is 13.2 Å². The quantitative estimate of drug-likeness (QED) is 0.219. The van der Waals surface area contributed by atoms with E-state index in [2.05, 4.69) is 0 Å². The lowest BCUT2D eigenvalue weighted by atomic mass is 9.88. The molecular formula is C22H26O11. The number of phenolic OH excluding ortho intramolecular Hbond substituents is 1. The van der Waals surface area contributed by atoms with Gasteiger partial charge in [-0.05, 0) is 42.0 Å². The number of hydrogen-bond acceptors (Lipinski definition) is 11. The van der Waals surface area contributed by atoms with Gasteiger partial charge in [-0.1, -0.05) is 0 Å². The number of rotatable bonds is 6. The molecule has 180 valence electrons. The van der Waals surface area contributed by atoms with Crippen LogP contribution in [0.4, 0.5) is 0 Å². The third-order valence-corrected chi connectivity index (χ3v) is 6.05. The van der Waals surface area contributed by atoms with Crippen molar-refractivity contribution >= 4 is 5.97 Å². The van der Waals surface area contributed by atoms with Gasteiger partial charge >= 0.3 is 5.97 Å². The van der Waals surface area contributed by atoms with Crippen molar-refractivity contribution in [1.82, 2.24) is 0 Å². The van der Waals surface area contributed by atoms with E-state index < -0.39 is 67.5 Å². The van der Waals surface area contributed by atoms with Crippen LogP contribution in [0.15, 0.2) is 48.3 Å². The Morgan fingerprint density at radius 3 is 2.39 bits per heavy atom. The third kappa shape index (κ3) is 4.62. The summed E-state index contributed by atoms with van der Waals surface area (Å²) >= 11 is 0. The average molecular weight is 466 g/mol. The predicted octanol–water partition coefficient (Wildman–Crippen LogP) is -1.23. The smallest absolute Gasteiger partial charge is 0.338 e. The Morgan fingerprint density at radius 1 is 1.00 bits per heavy atom. The molecule has 6 N–H and O–H groups in total. The van der Waals surface area contributed by atoms with Crippen LogP contribution in [-0.4, -0.2) is 92.9 Å². The van der Waals surface area contributed by atoms with Gasteiger partial charge in [-0.25, -0.2) is 4.79 Å². The van der Waals surface area contributed by atoms with Gasteiger partial charge in [0.1, 0.15) is 36.3 Å². The van der Waals surface area contributed by atoms with Crippen LogP contribution in [0, 0.1) is 11.8 Å². The molecule has 3 aliphatic rings. The monoisotopic (exact) mass is 466 g/mol. The van der Waals surface area contributed by atoms with Gasteiger partial charge in [-0.15, -0.1) is 0 Å². The Kier molecular flexibility index (Phi) is 7.00. The Hall–Kier alpha value is -2.51. The zero-order valence-electron chi connectivity index (χ0n) is 17.4. The van der Waals surface area contributed by atoms with Crippen LogP contribution < -0.4 is 0 Å². The molecule has 1 aliphatic carbocycles. The van der Waals surface area contributed by atoms with E-state index in [1.807, 2.05) is 0 Å². The first-order valence-electron chi connectivity index (χ1n) is 10.4. The van der Waals surface area contributed by atoms with E-state index in [4.69, 9.17) is 18.9 Å². The van der Waals surface area contributed by atoms with Crippen LogP contribution in [0.25, 0.3) is 0 Å². The molecule has 9 atom stereocenters. The lowest BCUT2D eigenvalue weighted by molar-refractivity contribution is -0.339. The lowest BCUT2D eigenvalue weighted by Crippen LogP contribution is -2.60. The number of benzene rings is 1. The van der Waals surface area contributed by atoms with Gasteiger partial charge < -0.3 is 49.6 Å². The standard InChI is InChI=1S/C22H26O11/c23-8-11-7-14(31-20(29)10-1-3-12(25)4-2-10)13-5-6-30-21(16(11)13)33-22-19(28)18(27)17(26)15(9-24)32-22/h1-7,13-19,21-28H,8-9H2/t13-,14+,15+,16+,17+,18-,19+,21-,22-/m0/s1. The van der Waals surface area contributed by atoms with Crippen LogP contribution >= 0.6 is 0 Å². The molecule has 11 heteroatoms. The molecule has 2 heterocycles. The average Bonchev–Trinajstić information content (AvgIpc) is 3.18. The van der Waals surface area contributed by atoms with Gasteiger partial charge in [-0.3, -0.25) is 0 Å². The molecule has 0 amide bonds. The number of phenols is 1. The molecule has 0 aromatic heterocycles. The number of aliphatic hydroxyl groups excluding tert-OH is 5. The Morgan fingerprint density at radius 2 is 1.73 bits per heavy atom. The van der Waals surface area contributed by atoms with E-state index in [-0.39, 0.29) is 17.9 Å². The molecule has 33 heavy (non-hydrogen) atoms. The summed E-state index contributed by atoms with van der Waals surface area (Å²) in [5.41, 5.74) is 0.711. The summed E-state index contributed by atoms with van der Waals surface area (Å²) in [5.74, 6) is -1.68. The molecule has 11 nitrogen and oxygen atoms in total. The zero-order chi connectivity index (χ0) is 23.7. The van der Waals surface area contributed by atoms with E-state index >= 15 is 0 Å². The topological polar surface area (TPSA) is 175 Å². The van der Waals surface area contributed by atoms with Crippen molar-refractivity contribution in [2.45, 2.75) is 43.1 Å². The second-order valence-corrected chi connectivity index (χ2v) is 8.09. The molecule has 0 saturated carbocycles.